The van der Waals surface area contributed by atoms with Crippen LogP contribution in [0.4, 0.5) is 0 Å². The molecule has 3 aliphatic heterocycles. The highest BCUT2D eigenvalue weighted by Gasteiger charge is 2.80. The number of hydrogen-bond donors (Lipinski definition) is 0. The molecule has 10 heteroatoms. The van der Waals surface area contributed by atoms with Crippen LogP contribution in [0.3, 0.4) is 0 Å². The van der Waals surface area contributed by atoms with Crippen LogP contribution in [0.2, 0.25) is 0 Å². The van der Waals surface area contributed by atoms with Crippen LogP contribution in [0.1, 0.15) is 26.3 Å². The van der Waals surface area contributed by atoms with Crippen molar-refractivity contribution in [3.05, 3.63) is 74.7 Å². The molecule has 4 aliphatic rings. The number of nitrogens with zero attached hydrogens (tertiary/aromatic N) is 2. The Labute approximate surface area is 232 Å². The van der Waals surface area contributed by atoms with Gasteiger partial charge >= 0.3 is 5.97 Å². The molecule has 2 aromatic rings. The van der Waals surface area contributed by atoms with Crippen molar-refractivity contribution in [1.82, 2.24) is 9.80 Å². The average molecular weight is 597 g/mol. The lowest BCUT2D eigenvalue weighted by Crippen LogP contribution is -2.67. The van der Waals surface area contributed by atoms with Gasteiger partial charge in [-0.1, -0.05) is 64.1 Å². The summed E-state index contributed by atoms with van der Waals surface area (Å²) in [5.41, 5.74) is -0.274. The average Bonchev–Trinajstić information content (AvgIpc) is 3.48. The third-order valence-corrected chi connectivity index (χ3v) is 10.4. The molecular weight excluding hydrogens is 572 g/mol. The van der Waals surface area contributed by atoms with E-state index in [1.54, 1.807) is 36.2 Å². The number of methoxy groups -OCH3 is 1. The number of allylic oxidation sites excluding steroid dienone is 1. The number of ether oxygens (including phenoxy) is 2. The lowest BCUT2D eigenvalue weighted by Gasteiger charge is -2.41. The maximum absolute atomic E-state index is 15.0. The number of carbonyl (C=O) groups is 4. The highest BCUT2D eigenvalue weighted by atomic mass is 79.9. The number of esters is 1. The summed E-state index contributed by atoms with van der Waals surface area (Å²) in [5.74, 6) is -2.97. The Kier molecular flexibility index (Phi) is 6.14. The van der Waals surface area contributed by atoms with E-state index in [1.807, 2.05) is 24.3 Å². The number of morpholine rings is 1. The standard InChI is InChI=1S/C28H25BrN2O6S/c1-30-15-20(26(35)36-2)28(27(30)22(32)18-5-3-4-6-19(18)23(27)33)24(34)21(16-7-9-17(29)10-8-16)25(38-28)31-11-13-37-14-12-31/h3-10,20H,11-15H2,1-2H3/t20-,28-/m0/s1. The van der Waals surface area contributed by atoms with E-state index < -0.39 is 39.5 Å². The smallest absolute Gasteiger partial charge is 0.311 e. The molecule has 196 valence electrons. The summed E-state index contributed by atoms with van der Waals surface area (Å²) >= 11 is 4.63. The zero-order valence-electron chi connectivity index (χ0n) is 20.9. The highest BCUT2D eigenvalue weighted by molar-refractivity contribution is 9.10. The molecular formula is C28H25BrN2O6S. The van der Waals surface area contributed by atoms with Gasteiger partial charge < -0.3 is 14.4 Å². The fourth-order valence-electron chi connectivity index (χ4n) is 6.37. The van der Waals surface area contributed by atoms with Crippen LogP contribution in [0.5, 0.6) is 0 Å². The van der Waals surface area contributed by atoms with Crippen LogP contribution in [0, 0.1) is 5.92 Å². The number of thioether (sulfide) groups is 1. The van der Waals surface area contributed by atoms with Gasteiger partial charge in [0.05, 0.1) is 36.8 Å². The van der Waals surface area contributed by atoms with Crippen LogP contribution in [-0.2, 0) is 19.1 Å². The molecule has 1 aliphatic carbocycles. The van der Waals surface area contributed by atoms with E-state index in [9.17, 15) is 19.2 Å². The Hall–Kier alpha value is -2.79. The monoisotopic (exact) mass is 596 g/mol. The lowest BCUT2D eigenvalue weighted by molar-refractivity contribution is -0.147. The van der Waals surface area contributed by atoms with Crippen LogP contribution >= 0.6 is 27.7 Å². The second kappa shape index (κ2) is 9.15. The third-order valence-electron chi connectivity index (χ3n) is 8.08. The van der Waals surface area contributed by atoms with Crippen molar-refractivity contribution < 1.29 is 28.7 Å². The largest absolute Gasteiger partial charge is 0.469 e. The van der Waals surface area contributed by atoms with Crippen molar-refractivity contribution in [2.45, 2.75) is 10.3 Å². The van der Waals surface area contributed by atoms with Gasteiger partial charge in [0.15, 0.2) is 22.9 Å². The third kappa shape index (κ3) is 3.17. The fraction of sp³-hybridized carbons (Fsp3) is 0.357. The van der Waals surface area contributed by atoms with E-state index in [0.29, 0.717) is 42.5 Å². The number of likely N-dealkylation sites (tertiary alicyclic amines) is 1. The van der Waals surface area contributed by atoms with E-state index >= 15 is 0 Å². The number of likely N-dealkylation sites (N-methyl/N-ethyl adjacent to an activating group) is 1. The first kappa shape index (κ1) is 25.5. The minimum atomic E-state index is -1.88. The minimum absolute atomic E-state index is 0.0287. The molecule has 0 bridgehead atoms. The SMILES string of the molecule is COC(=O)[C@@H]1CN(C)C2(C(=O)c3ccccc3C2=O)[C@]12SC(N1CCOCC1)=C(c1ccc(Br)cc1)C2=O. The van der Waals surface area contributed by atoms with Gasteiger partial charge in [-0.15, -0.1) is 0 Å². The van der Waals surface area contributed by atoms with Crippen LogP contribution < -0.4 is 0 Å². The van der Waals surface area contributed by atoms with Gasteiger partial charge in [-0.3, -0.25) is 24.1 Å². The molecule has 2 spiro atoms. The number of rotatable bonds is 3. The lowest BCUT2D eigenvalue weighted by atomic mass is 9.70. The molecule has 0 radical (unpaired) electrons. The number of ketones is 3. The van der Waals surface area contributed by atoms with Crippen molar-refractivity contribution in [2.24, 2.45) is 5.92 Å². The Bertz CT molecular complexity index is 1380. The zero-order valence-corrected chi connectivity index (χ0v) is 23.3. The van der Waals surface area contributed by atoms with Gasteiger partial charge in [0.1, 0.15) is 4.75 Å². The molecule has 0 saturated carbocycles. The minimum Gasteiger partial charge on any atom is -0.469 e. The molecule has 0 aromatic heterocycles. The Morgan fingerprint density at radius 2 is 1.61 bits per heavy atom. The number of benzene rings is 2. The Morgan fingerprint density at radius 1 is 1.00 bits per heavy atom. The second-order valence-electron chi connectivity index (χ2n) is 9.82. The molecule has 2 saturated heterocycles. The summed E-state index contributed by atoms with van der Waals surface area (Å²) in [5, 5.41) is 0.653. The molecule has 3 heterocycles. The molecule has 2 fully saturated rings. The molecule has 2 aromatic carbocycles. The topological polar surface area (TPSA) is 93.2 Å². The van der Waals surface area contributed by atoms with E-state index in [0.717, 1.165) is 4.47 Å². The highest BCUT2D eigenvalue weighted by Crippen LogP contribution is 2.64. The van der Waals surface area contributed by atoms with Crippen LogP contribution in [0.25, 0.3) is 5.57 Å². The van der Waals surface area contributed by atoms with Gasteiger partial charge in [-0.2, -0.15) is 0 Å². The van der Waals surface area contributed by atoms with Crippen molar-refractivity contribution >= 4 is 56.6 Å². The first-order chi connectivity index (χ1) is 18.3. The van der Waals surface area contributed by atoms with Gasteiger partial charge in [-0.25, -0.2) is 0 Å². The molecule has 2 atom stereocenters. The summed E-state index contributed by atoms with van der Waals surface area (Å²) in [7, 11) is 2.91. The number of halogens is 1. The maximum Gasteiger partial charge on any atom is 0.311 e. The van der Waals surface area contributed by atoms with Crippen molar-refractivity contribution in [3.63, 3.8) is 0 Å². The van der Waals surface area contributed by atoms with Gasteiger partial charge in [0, 0.05) is 35.2 Å². The fourth-order valence-corrected chi connectivity index (χ4v) is 8.56. The Balaban J connectivity index is 1.61. The van der Waals surface area contributed by atoms with Crippen LogP contribution in [0.15, 0.2) is 58.0 Å². The summed E-state index contributed by atoms with van der Waals surface area (Å²) in [6.45, 7) is 2.07. The van der Waals surface area contributed by atoms with Crippen molar-refractivity contribution in [2.75, 3.05) is 47.0 Å². The molecule has 0 N–H and O–H groups in total. The van der Waals surface area contributed by atoms with E-state index in [-0.39, 0.29) is 17.7 Å². The molecule has 38 heavy (non-hydrogen) atoms. The first-order valence-corrected chi connectivity index (χ1v) is 13.9. The molecule has 8 nitrogen and oxygen atoms in total. The van der Waals surface area contributed by atoms with Gasteiger partial charge in [0.2, 0.25) is 0 Å². The summed E-state index contributed by atoms with van der Waals surface area (Å²) < 4.78 is 9.87. The normalized spacial score (nSPS) is 26.7. The molecule has 0 unspecified atom stereocenters. The number of hydrogen-bond acceptors (Lipinski definition) is 9. The van der Waals surface area contributed by atoms with Crippen molar-refractivity contribution in [3.8, 4) is 0 Å². The van der Waals surface area contributed by atoms with Gasteiger partial charge in [-0.05, 0) is 24.7 Å². The van der Waals surface area contributed by atoms with E-state index in [2.05, 4.69) is 20.8 Å². The van der Waals surface area contributed by atoms with E-state index in [1.165, 1.54) is 18.9 Å². The summed E-state index contributed by atoms with van der Waals surface area (Å²) in [4.78, 5) is 60.7. The number of carbonyl (C=O) groups excluding carboxylic acids is 4. The van der Waals surface area contributed by atoms with E-state index in [4.69, 9.17) is 9.47 Å². The second-order valence-corrected chi connectivity index (χ2v) is 12.0. The van der Waals surface area contributed by atoms with Crippen molar-refractivity contribution in [1.29, 1.82) is 0 Å². The summed E-state index contributed by atoms with van der Waals surface area (Å²) in [6.07, 6.45) is 0. The molecule has 6 rings (SSSR count). The zero-order chi connectivity index (χ0) is 26.8. The molecule has 0 amide bonds. The maximum atomic E-state index is 15.0. The number of fused-ring (bicyclic) bond motifs is 2. The van der Waals surface area contributed by atoms with Gasteiger partial charge in [0.25, 0.3) is 0 Å². The quantitative estimate of drug-likeness (QED) is 0.391. The predicted molar refractivity (Wildman–Crippen MR) is 145 cm³/mol. The van der Waals surface area contributed by atoms with Crippen LogP contribution in [-0.4, -0.2) is 90.4 Å². The number of Topliss-reactive ketones (excluding diaryl/α,β-unsaturated/α-hetero) is 3. The summed E-state index contributed by atoms with van der Waals surface area (Å²) in [6, 6.07) is 14.0. The Morgan fingerprint density at radius 3 is 2.18 bits per heavy atom. The first-order valence-electron chi connectivity index (χ1n) is 12.3. The predicted octanol–water partition coefficient (Wildman–Crippen LogP) is 3.06.